The van der Waals surface area contributed by atoms with Crippen LogP contribution in [0.25, 0.3) is 0 Å². The van der Waals surface area contributed by atoms with Crippen LogP contribution in [0.4, 0.5) is 0 Å². The van der Waals surface area contributed by atoms with Crippen molar-refractivity contribution in [2.75, 3.05) is 6.54 Å². The van der Waals surface area contributed by atoms with Crippen LogP contribution < -0.4 is 4.72 Å². The van der Waals surface area contributed by atoms with Crippen LogP contribution in [0.2, 0.25) is 0 Å². The van der Waals surface area contributed by atoms with Gasteiger partial charge in [0.15, 0.2) is 5.76 Å². The van der Waals surface area contributed by atoms with Crippen molar-refractivity contribution in [3.8, 4) is 0 Å². The molecule has 3 rings (SSSR count). The molecular weight excluding hydrogens is 344 g/mol. The highest BCUT2D eigenvalue weighted by Gasteiger charge is 2.51. The van der Waals surface area contributed by atoms with Crippen molar-refractivity contribution < 1.29 is 22.4 Å². The fraction of sp³-hybridized carbons (Fsp3) is 0.294. The lowest BCUT2D eigenvalue weighted by Gasteiger charge is -2.48. The maximum Gasteiger partial charge on any atom is 0.290 e. The first-order valence-electron chi connectivity index (χ1n) is 7.73. The van der Waals surface area contributed by atoms with E-state index < -0.39 is 27.4 Å². The van der Waals surface area contributed by atoms with Crippen LogP contribution >= 0.6 is 0 Å². The average Bonchev–Trinajstić information content (AvgIpc) is 3.07. The summed E-state index contributed by atoms with van der Waals surface area (Å²) < 4.78 is 32.0. The van der Waals surface area contributed by atoms with E-state index in [0.29, 0.717) is 13.0 Å². The topological polar surface area (TPSA) is 96.7 Å². The number of hydrogen-bond donors (Lipinski definition) is 1. The zero-order valence-electron chi connectivity index (χ0n) is 13.9. The molecule has 132 valence electrons. The first-order chi connectivity index (χ1) is 11.7. The van der Waals surface area contributed by atoms with Crippen LogP contribution in [-0.2, 0) is 14.8 Å². The van der Waals surface area contributed by atoms with Crippen molar-refractivity contribution in [1.82, 2.24) is 9.62 Å². The van der Waals surface area contributed by atoms with Gasteiger partial charge < -0.3 is 9.32 Å². The normalized spacial score (nSPS) is 20.0. The van der Waals surface area contributed by atoms with Gasteiger partial charge >= 0.3 is 0 Å². The Morgan fingerprint density at radius 2 is 2.00 bits per heavy atom. The number of benzene rings is 1. The quantitative estimate of drug-likeness (QED) is 0.893. The lowest BCUT2D eigenvalue weighted by molar-refractivity contribution is -0.135. The number of sulfonamides is 1. The molecule has 0 bridgehead atoms. The maximum atomic E-state index is 12.6. The van der Waals surface area contributed by atoms with Crippen LogP contribution in [0.3, 0.4) is 0 Å². The molecule has 1 aliphatic heterocycles. The van der Waals surface area contributed by atoms with Crippen LogP contribution in [-0.4, -0.2) is 37.2 Å². The first-order valence-corrected chi connectivity index (χ1v) is 9.22. The highest BCUT2D eigenvalue weighted by molar-refractivity contribution is 7.90. The molecule has 7 nitrogen and oxygen atoms in total. The molecule has 25 heavy (non-hydrogen) atoms. The van der Waals surface area contributed by atoms with Crippen molar-refractivity contribution in [2.24, 2.45) is 0 Å². The maximum absolute atomic E-state index is 12.6. The van der Waals surface area contributed by atoms with E-state index in [2.05, 4.69) is 4.72 Å². The number of carbonyl (C=O) groups excluding carboxylic acids is 2. The zero-order valence-corrected chi connectivity index (χ0v) is 14.7. The van der Waals surface area contributed by atoms with Crippen LogP contribution in [0.1, 0.15) is 29.5 Å². The Labute approximate surface area is 145 Å². The molecule has 1 fully saturated rings. The van der Waals surface area contributed by atoms with E-state index >= 15 is 0 Å². The van der Waals surface area contributed by atoms with Gasteiger partial charge in [-0.05, 0) is 50.1 Å². The molecular formula is C17H18N2O5S. The van der Waals surface area contributed by atoms with E-state index in [4.69, 9.17) is 4.42 Å². The van der Waals surface area contributed by atoms with Crippen molar-refractivity contribution in [3.05, 3.63) is 54.0 Å². The Hall–Kier alpha value is -2.61. The average molecular weight is 362 g/mol. The predicted octanol–water partition coefficient (Wildman–Crippen LogP) is 1.70. The van der Waals surface area contributed by atoms with Crippen molar-refractivity contribution in [1.29, 1.82) is 0 Å². The second kappa shape index (κ2) is 6.03. The van der Waals surface area contributed by atoms with Crippen molar-refractivity contribution in [3.63, 3.8) is 0 Å². The van der Waals surface area contributed by atoms with E-state index in [1.807, 2.05) is 0 Å². The molecule has 1 N–H and O–H groups in total. The SMILES string of the molecule is Cc1cccc(S(=O)(=O)NC(=O)C2(C)CCN2C(=O)c2ccco2)c1. The Morgan fingerprint density at radius 3 is 2.56 bits per heavy atom. The lowest BCUT2D eigenvalue weighted by atomic mass is 9.85. The van der Waals surface area contributed by atoms with E-state index in [0.717, 1.165) is 5.56 Å². The number of rotatable bonds is 4. The molecule has 1 aromatic heterocycles. The number of nitrogens with one attached hydrogen (secondary N) is 1. The van der Waals surface area contributed by atoms with Gasteiger partial charge in [-0.2, -0.15) is 0 Å². The minimum atomic E-state index is -4.01. The number of nitrogens with zero attached hydrogens (tertiary/aromatic N) is 1. The van der Waals surface area contributed by atoms with Gasteiger partial charge in [0.05, 0.1) is 11.2 Å². The molecule has 1 aromatic carbocycles. The molecule has 1 saturated heterocycles. The van der Waals surface area contributed by atoms with Crippen LogP contribution in [0, 0.1) is 6.92 Å². The van der Waals surface area contributed by atoms with Gasteiger partial charge in [0.25, 0.3) is 21.8 Å². The van der Waals surface area contributed by atoms with E-state index in [9.17, 15) is 18.0 Å². The summed E-state index contributed by atoms with van der Waals surface area (Å²) in [5.41, 5.74) is -0.472. The van der Waals surface area contributed by atoms with E-state index in [1.54, 1.807) is 32.0 Å². The monoisotopic (exact) mass is 362 g/mol. The van der Waals surface area contributed by atoms with Gasteiger partial charge in [-0.3, -0.25) is 9.59 Å². The summed E-state index contributed by atoms with van der Waals surface area (Å²) in [6.45, 7) is 3.66. The number of amides is 2. The highest BCUT2D eigenvalue weighted by atomic mass is 32.2. The second-order valence-electron chi connectivity index (χ2n) is 6.21. The third-order valence-electron chi connectivity index (χ3n) is 4.41. The van der Waals surface area contributed by atoms with Gasteiger partial charge in [-0.25, -0.2) is 13.1 Å². The largest absolute Gasteiger partial charge is 0.459 e. The Morgan fingerprint density at radius 1 is 1.24 bits per heavy atom. The van der Waals surface area contributed by atoms with Crippen molar-refractivity contribution in [2.45, 2.75) is 30.7 Å². The number of carbonyl (C=O) groups is 2. The summed E-state index contributed by atoms with van der Waals surface area (Å²) in [6, 6.07) is 9.33. The lowest BCUT2D eigenvalue weighted by Crippen LogP contribution is -2.67. The number of likely N-dealkylation sites (tertiary alicyclic amines) is 1. The summed E-state index contributed by atoms with van der Waals surface area (Å²) in [5, 5.41) is 0. The van der Waals surface area contributed by atoms with Gasteiger partial charge in [0.1, 0.15) is 5.54 Å². The summed E-state index contributed by atoms with van der Waals surface area (Å²) >= 11 is 0. The first kappa shape index (κ1) is 17.2. The summed E-state index contributed by atoms with van der Waals surface area (Å²) in [7, 11) is -4.01. The summed E-state index contributed by atoms with van der Waals surface area (Å²) in [6.07, 6.45) is 1.74. The second-order valence-corrected chi connectivity index (χ2v) is 7.89. The third kappa shape index (κ3) is 3.05. The third-order valence-corrected chi connectivity index (χ3v) is 5.74. The molecule has 0 aliphatic carbocycles. The minimum absolute atomic E-state index is 0.00712. The Kier molecular flexibility index (Phi) is 4.16. The minimum Gasteiger partial charge on any atom is -0.459 e. The van der Waals surface area contributed by atoms with Crippen LogP contribution in [0.15, 0.2) is 52.0 Å². The number of furan rings is 1. The molecule has 2 amide bonds. The van der Waals surface area contributed by atoms with Gasteiger partial charge in [-0.15, -0.1) is 0 Å². The number of hydrogen-bond acceptors (Lipinski definition) is 5. The van der Waals surface area contributed by atoms with Crippen LogP contribution in [0.5, 0.6) is 0 Å². The highest BCUT2D eigenvalue weighted by Crippen LogP contribution is 2.32. The summed E-state index contributed by atoms with van der Waals surface area (Å²) in [5.74, 6) is -1.07. The van der Waals surface area contributed by atoms with Gasteiger partial charge in [0, 0.05) is 6.54 Å². The van der Waals surface area contributed by atoms with E-state index in [1.165, 1.54) is 29.4 Å². The zero-order chi connectivity index (χ0) is 18.2. The molecule has 1 unspecified atom stereocenters. The summed E-state index contributed by atoms with van der Waals surface area (Å²) in [4.78, 5) is 26.3. The molecule has 0 spiro atoms. The van der Waals surface area contributed by atoms with E-state index in [-0.39, 0.29) is 10.7 Å². The molecule has 0 saturated carbocycles. The van der Waals surface area contributed by atoms with Gasteiger partial charge in [-0.1, -0.05) is 12.1 Å². The van der Waals surface area contributed by atoms with Gasteiger partial charge in [0.2, 0.25) is 0 Å². The molecule has 8 heteroatoms. The standard InChI is InChI=1S/C17H18N2O5S/c1-12-5-3-6-13(11-12)25(22,23)18-16(21)17(2)8-9-19(17)15(20)14-7-4-10-24-14/h3-7,10-11H,8-9H2,1-2H3,(H,18,21). The Bertz CT molecular complexity index is 920. The fourth-order valence-electron chi connectivity index (χ4n) is 2.73. The number of aryl methyl sites for hydroxylation is 1. The fourth-order valence-corrected chi connectivity index (χ4v) is 3.91. The van der Waals surface area contributed by atoms with Crippen molar-refractivity contribution >= 4 is 21.8 Å². The molecule has 1 atom stereocenters. The molecule has 2 aromatic rings. The molecule has 0 radical (unpaired) electrons. The molecule has 2 heterocycles. The smallest absolute Gasteiger partial charge is 0.290 e. The predicted molar refractivity (Wildman–Crippen MR) is 89.3 cm³/mol. The molecule has 1 aliphatic rings. The Balaban J connectivity index is 1.79.